The van der Waals surface area contributed by atoms with E-state index >= 15 is 0 Å². The van der Waals surface area contributed by atoms with Crippen molar-refractivity contribution in [2.24, 2.45) is 5.41 Å². The third kappa shape index (κ3) is 2.59. The van der Waals surface area contributed by atoms with E-state index in [1.165, 1.54) is 0 Å². The van der Waals surface area contributed by atoms with Crippen molar-refractivity contribution in [3.8, 4) is 0 Å². The van der Waals surface area contributed by atoms with Crippen LogP contribution < -0.4 is 0 Å². The SMILES string of the molecule is Cc1c(C(=O)N2CCC3(CCOCC3)C2)cnn1C(C)C. The smallest absolute Gasteiger partial charge is 0.257 e. The molecule has 5 heteroatoms. The number of hydrogen-bond acceptors (Lipinski definition) is 3. The van der Waals surface area contributed by atoms with Gasteiger partial charge >= 0.3 is 0 Å². The minimum absolute atomic E-state index is 0.141. The molecule has 2 aliphatic rings. The van der Waals surface area contributed by atoms with Crippen molar-refractivity contribution < 1.29 is 9.53 Å². The summed E-state index contributed by atoms with van der Waals surface area (Å²) in [6, 6.07) is 0.284. The van der Waals surface area contributed by atoms with Crippen LogP contribution in [0.5, 0.6) is 0 Å². The van der Waals surface area contributed by atoms with Crippen molar-refractivity contribution in [3.63, 3.8) is 0 Å². The minimum Gasteiger partial charge on any atom is -0.381 e. The zero-order valence-corrected chi connectivity index (χ0v) is 13.3. The molecule has 5 nitrogen and oxygen atoms in total. The maximum absolute atomic E-state index is 12.8. The molecule has 1 aromatic rings. The number of amides is 1. The lowest BCUT2D eigenvalue weighted by Crippen LogP contribution is -2.35. The van der Waals surface area contributed by atoms with Gasteiger partial charge in [0.15, 0.2) is 0 Å². The Hall–Kier alpha value is -1.36. The second-order valence-corrected chi connectivity index (χ2v) is 6.77. The predicted octanol–water partition coefficient (Wildman–Crippen LogP) is 2.42. The Kier molecular flexibility index (Phi) is 3.78. The molecule has 2 fully saturated rings. The number of rotatable bonds is 2. The summed E-state index contributed by atoms with van der Waals surface area (Å²) >= 11 is 0. The molecule has 3 heterocycles. The van der Waals surface area contributed by atoms with Crippen molar-refractivity contribution >= 4 is 5.91 Å². The first-order valence-electron chi connectivity index (χ1n) is 7.94. The van der Waals surface area contributed by atoms with E-state index in [9.17, 15) is 4.79 Å². The fourth-order valence-electron chi connectivity index (χ4n) is 3.65. The molecule has 0 aliphatic carbocycles. The first-order chi connectivity index (χ1) is 10.0. The summed E-state index contributed by atoms with van der Waals surface area (Å²) in [5, 5.41) is 4.36. The highest BCUT2D eigenvalue weighted by molar-refractivity contribution is 5.95. The van der Waals surface area contributed by atoms with E-state index in [4.69, 9.17) is 4.74 Å². The Morgan fingerprint density at radius 2 is 2.05 bits per heavy atom. The molecule has 1 aromatic heterocycles. The second-order valence-electron chi connectivity index (χ2n) is 6.77. The van der Waals surface area contributed by atoms with Gasteiger partial charge in [-0.05, 0) is 45.4 Å². The first kappa shape index (κ1) is 14.6. The van der Waals surface area contributed by atoms with Crippen molar-refractivity contribution in [2.75, 3.05) is 26.3 Å². The van der Waals surface area contributed by atoms with Crippen LogP contribution in [-0.2, 0) is 4.74 Å². The molecule has 116 valence electrons. The molecular formula is C16H25N3O2. The molecule has 21 heavy (non-hydrogen) atoms. The largest absolute Gasteiger partial charge is 0.381 e. The number of carbonyl (C=O) groups excluding carboxylic acids is 1. The second kappa shape index (κ2) is 5.44. The maximum Gasteiger partial charge on any atom is 0.257 e. The fraction of sp³-hybridized carbons (Fsp3) is 0.750. The third-order valence-corrected chi connectivity index (χ3v) is 5.04. The Morgan fingerprint density at radius 1 is 1.33 bits per heavy atom. The van der Waals surface area contributed by atoms with E-state index in [0.717, 1.165) is 56.8 Å². The van der Waals surface area contributed by atoms with E-state index in [2.05, 4.69) is 18.9 Å². The van der Waals surface area contributed by atoms with Crippen LogP contribution in [0, 0.1) is 12.3 Å². The van der Waals surface area contributed by atoms with Gasteiger partial charge in [0, 0.05) is 38.0 Å². The van der Waals surface area contributed by atoms with Crippen LogP contribution in [-0.4, -0.2) is 46.9 Å². The number of ether oxygens (including phenoxy) is 1. The lowest BCUT2D eigenvalue weighted by Gasteiger charge is -2.33. The van der Waals surface area contributed by atoms with Crippen LogP contribution in [0.15, 0.2) is 6.20 Å². The Bertz CT molecular complexity index is 530. The number of hydrogen-bond donors (Lipinski definition) is 0. The molecule has 2 saturated heterocycles. The summed E-state index contributed by atoms with van der Waals surface area (Å²) in [5.74, 6) is 0.141. The van der Waals surface area contributed by atoms with Gasteiger partial charge in [-0.3, -0.25) is 9.48 Å². The molecule has 0 N–H and O–H groups in total. The van der Waals surface area contributed by atoms with E-state index in [1.807, 2.05) is 16.5 Å². The van der Waals surface area contributed by atoms with Crippen molar-refractivity contribution in [1.29, 1.82) is 0 Å². The summed E-state index contributed by atoms with van der Waals surface area (Å²) in [4.78, 5) is 14.8. The van der Waals surface area contributed by atoms with Gasteiger partial charge in [-0.15, -0.1) is 0 Å². The van der Waals surface area contributed by atoms with Gasteiger partial charge in [0.05, 0.1) is 11.8 Å². The van der Waals surface area contributed by atoms with Gasteiger partial charge in [0.1, 0.15) is 0 Å². The Morgan fingerprint density at radius 3 is 2.67 bits per heavy atom. The average molecular weight is 291 g/mol. The zero-order chi connectivity index (χ0) is 15.0. The molecule has 3 rings (SSSR count). The van der Waals surface area contributed by atoms with Crippen LogP contribution in [0.3, 0.4) is 0 Å². The molecular weight excluding hydrogens is 266 g/mol. The van der Waals surface area contributed by atoms with Crippen molar-refractivity contribution in [1.82, 2.24) is 14.7 Å². The van der Waals surface area contributed by atoms with E-state index in [1.54, 1.807) is 6.20 Å². The predicted molar refractivity (Wildman–Crippen MR) is 80.4 cm³/mol. The summed E-state index contributed by atoms with van der Waals surface area (Å²) in [7, 11) is 0. The molecule has 2 aliphatic heterocycles. The highest BCUT2D eigenvalue weighted by atomic mass is 16.5. The van der Waals surface area contributed by atoms with Crippen LogP contribution in [0.25, 0.3) is 0 Å². The van der Waals surface area contributed by atoms with E-state index in [-0.39, 0.29) is 11.9 Å². The summed E-state index contributed by atoms with van der Waals surface area (Å²) in [6.07, 6.45) is 5.01. The Balaban J connectivity index is 1.74. The van der Waals surface area contributed by atoms with Crippen molar-refractivity contribution in [2.45, 2.75) is 46.1 Å². The van der Waals surface area contributed by atoms with E-state index < -0.39 is 0 Å². The molecule has 0 bridgehead atoms. The molecule has 0 radical (unpaired) electrons. The van der Waals surface area contributed by atoms with Gasteiger partial charge < -0.3 is 9.64 Å². The summed E-state index contributed by atoms with van der Waals surface area (Å²) in [5.41, 5.74) is 2.03. The van der Waals surface area contributed by atoms with Gasteiger partial charge in [-0.2, -0.15) is 5.10 Å². The third-order valence-electron chi connectivity index (χ3n) is 5.04. The molecule has 0 unspecified atom stereocenters. The monoisotopic (exact) mass is 291 g/mol. The zero-order valence-electron chi connectivity index (χ0n) is 13.3. The van der Waals surface area contributed by atoms with Crippen LogP contribution in [0.1, 0.15) is 55.2 Å². The fourth-order valence-corrected chi connectivity index (χ4v) is 3.65. The highest BCUT2D eigenvalue weighted by Crippen LogP contribution is 2.40. The number of aromatic nitrogens is 2. The standard InChI is InChI=1S/C16H25N3O2/c1-12(2)19-13(3)14(10-17-19)15(20)18-7-4-16(11-18)5-8-21-9-6-16/h10,12H,4-9,11H2,1-3H3. The quantitative estimate of drug-likeness (QED) is 0.840. The number of nitrogens with zero attached hydrogens (tertiary/aromatic N) is 3. The molecule has 0 saturated carbocycles. The van der Waals surface area contributed by atoms with Crippen molar-refractivity contribution in [3.05, 3.63) is 17.5 Å². The van der Waals surface area contributed by atoms with Gasteiger partial charge in [-0.1, -0.05) is 0 Å². The lowest BCUT2D eigenvalue weighted by molar-refractivity contribution is 0.0191. The van der Waals surface area contributed by atoms with Gasteiger partial charge in [-0.25, -0.2) is 0 Å². The number of carbonyl (C=O) groups is 1. The molecule has 0 aromatic carbocycles. The van der Waals surface area contributed by atoms with E-state index in [0.29, 0.717) is 5.41 Å². The van der Waals surface area contributed by atoms with Gasteiger partial charge in [0.25, 0.3) is 5.91 Å². The normalized spacial score (nSPS) is 21.4. The van der Waals surface area contributed by atoms with Crippen LogP contribution in [0.2, 0.25) is 0 Å². The number of likely N-dealkylation sites (tertiary alicyclic amines) is 1. The minimum atomic E-state index is 0.141. The van der Waals surface area contributed by atoms with Gasteiger partial charge in [0.2, 0.25) is 0 Å². The summed E-state index contributed by atoms with van der Waals surface area (Å²) < 4.78 is 7.39. The summed E-state index contributed by atoms with van der Waals surface area (Å²) in [6.45, 7) is 9.58. The average Bonchev–Trinajstić information content (AvgIpc) is 3.04. The molecule has 1 amide bonds. The van der Waals surface area contributed by atoms with Crippen LogP contribution >= 0.6 is 0 Å². The first-order valence-corrected chi connectivity index (χ1v) is 7.94. The molecule has 0 atom stereocenters. The topological polar surface area (TPSA) is 47.4 Å². The van der Waals surface area contributed by atoms with Crippen LogP contribution in [0.4, 0.5) is 0 Å². The molecule has 1 spiro atoms. The maximum atomic E-state index is 12.8. The Labute approximate surface area is 126 Å². The lowest BCUT2D eigenvalue weighted by atomic mass is 9.80. The highest BCUT2D eigenvalue weighted by Gasteiger charge is 2.41.